The molecule has 0 saturated carbocycles. The molecular formula is C31H45N5O2. The standard InChI is InChI=1S/C31H45N5O2/c1-24(2)14-6-3-4-12-20-34-29(38)19-7-5-13-21-36(33)31-27-17-10-11-18-28(27)35(23-37)22-25-15-8-9-16-26(25)30(31)32/h8-11,15-18,23-24H,3-7,12-14,19-22,32-33H2,1-2H3,(H,34,38)/b31-30-. The summed E-state index contributed by atoms with van der Waals surface area (Å²) in [4.78, 5) is 25.9. The van der Waals surface area contributed by atoms with Crippen molar-refractivity contribution >= 4 is 29.4 Å². The van der Waals surface area contributed by atoms with Gasteiger partial charge in [-0.2, -0.15) is 0 Å². The van der Waals surface area contributed by atoms with E-state index < -0.39 is 0 Å². The lowest BCUT2D eigenvalue weighted by molar-refractivity contribution is -0.121. The summed E-state index contributed by atoms with van der Waals surface area (Å²) >= 11 is 0. The van der Waals surface area contributed by atoms with Gasteiger partial charge in [0.25, 0.3) is 0 Å². The van der Waals surface area contributed by atoms with Crippen molar-refractivity contribution in [3.63, 3.8) is 0 Å². The molecule has 1 heterocycles. The maximum atomic E-state index is 12.2. The fourth-order valence-electron chi connectivity index (χ4n) is 4.99. The number of nitrogens with zero attached hydrogens (tertiary/aromatic N) is 2. The van der Waals surface area contributed by atoms with Gasteiger partial charge in [-0.25, -0.2) is 5.84 Å². The smallest absolute Gasteiger partial charge is 0.219 e. The average Bonchev–Trinajstić information content (AvgIpc) is 2.90. The molecule has 3 rings (SSSR count). The van der Waals surface area contributed by atoms with Gasteiger partial charge in [0.1, 0.15) is 0 Å². The Balaban J connectivity index is 1.52. The highest BCUT2D eigenvalue weighted by Crippen LogP contribution is 2.36. The molecule has 0 aliphatic carbocycles. The minimum atomic E-state index is 0.128. The van der Waals surface area contributed by atoms with E-state index in [2.05, 4.69) is 19.2 Å². The van der Waals surface area contributed by atoms with Gasteiger partial charge in [0.15, 0.2) is 0 Å². The third kappa shape index (κ3) is 8.35. The van der Waals surface area contributed by atoms with E-state index in [4.69, 9.17) is 11.6 Å². The summed E-state index contributed by atoms with van der Waals surface area (Å²) in [7, 11) is 0. The van der Waals surface area contributed by atoms with Crippen molar-refractivity contribution in [2.45, 2.75) is 78.2 Å². The van der Waals surface area contributed by atoms with Crippen LogP contribution in [0.15, 0.2) is 48.5 Å². The number of anilines is 1. The van der Waals surface area contributed by atoms with Crippen LogP contribution in [0.4, 0.5) is 5.69 Å². The Bertz CT molecular complexity index is 1080. The Morgan fingerprint density at radius 2 is 1.66 bits per heavy atom. The summed E-state index contributed by atoms with van der Waals surface area (Å²) < 4.78 is 0. The second kappa shape index (κ2) is 15.2. The molecule has 2 amide bonds. The van der Waals surface area contributed by atoms with E-state index >= 15 is 0 Å². The van der Waals surface area contributed by atoms with Crippen molar-refractivity contribution in [2.75, 3.05) is 18.0 Å². The summed E-state index contributed by atoms with van der Waals surface area (Å²) in [5, 5.41) is 4.74. The summed E-state index contributed by atoms with van der Waals surface area (Å²) in [5.41, 5.74) is 11.5. The van der Waals surface area contributed by atoms with Crippen molar-refractivity contribution in [1.29, 1.82) is 0 Å². The molecule has 0 aromatic heterocycles. The highest BCUT2D eigenvalue weighted by molar-refractivity contribution is 5.96. The summed E-state index contributed by atoms with van der Waals surface area (Å²) in [6.07, 6.45) is 9.97. The average molecular weight is 520 g/mol. The van der Waals surface area contributed by atoms with Gasteiger partial charge in [-0.15, -0.1) is 0 Å². The van der Waals surface area contributed by atoms with Crippen LogP contribution in [0.25, 0.3) is 11.4 Å². The molecule has 2 aromatic carbocycles. The van der Waals surface area contributed by atoms with Gasteiger partial charge in [-0.05, 0) is 36.8 Å². The number of amides is 2. The number of hydrogen-bond donors (Lipinski definition) is 3. The van der Waals surface area contributed by atoms with Gasteiger partial charge < -0.3 is 21.0 Å². The molecule has 0 saturated heterocycles. The summed E-state index contributed by atoms with van der Waals surface area (Å²) in [5.74, 6) is 7.50. The Kier molecular flexibility index (Phi) is 11.7. The van der Waals surface area contributed by atoms with E-state index in [0.29, 0.717) is 30.9 Å². The van der Waals surface area contributed by atoms with Crippen LogP contribution in [0.5, 0.6) is 0 Å². The van der Waals surface area contributed by atoms with Crippen molar-refractivity contribution in [1.82, 2.24) is 10.3 Å². The molecular weight excluding hydrogens is 474 g/mol. The molecule has 0 fully saturated rings. The van der Waals surface area contributed by atoms with Gasteiger partial charge in [0.05, 0.1) is 23.6 Å². The molecule has 0 atom stereocenters. The molecule has 2 aromatic rings. The van der Waals surface area contributed by atoms with Gasteiger partial charge in [-0.1, -0.05) is 88.4 Å². The van der Waals surface area contributed by atoms with E-state index in [1.807, 2.05) is 48.5 Å². The lowest BCUT2D eigenvalue weighted by atomic mass is 9.96. The third-order valence-electron chi connectivity index (χ3n) is 7.12. The molecule has 0 radical (unpaired) electrons. The number of nitrogens with two attached hydrogens (primary N) is 2. The maximum Gasteiger partial charge on any atom is 0.219 e. The van der Waals surface area contributed by atoms with Gasteiger partial charge >= 0.3 is 0 Å². The highest BCUT2D eigenvalue weighted by atomic mass is 16.1. The second-order valence-corrected chi connectivity index (χ2v) is 10.6. The van der Waals surface area contributed by atoms with E-state index in [1.54, 1.807) is 9.91 Å². The number of nitrogens with one attached hydrogen (secondary N) is 1. The SMILES string of the molecule is CC(C)CCCCCCNC(=O)CCCCCN(N)/C1=C(\N)c2ccccc2CN(C=O)c2ccccc21. The Morgan fingerprint density at radius 1 is 0.974 bits per heavy atom. The van der Waals surface area contributed by atoms with Crippen molar-refractivity contribution in [2.24, 2.45) is 17.5 Å². The summed E-state index contributed by atoms with van der Waals surface area (Å²) in [6, 6.07) is 15.6. The summed E-state index contributed by atoms with van der Waals surface area (Å²) in [6.45, 7) is 6.32. The molecule has 1 aliphatic rings. The molecule has 206 valence electrons. The zero-order chi connectivity index (χ0) is 27.3. The third-order valence-corrected chi connectivity index (χ3v) is 7.12. The van der Waals surface area contributed by atoms with Crippen molar-refractivity contribution in [3.8, 4) is 0 Å². The Morgan fingerprint density at radius 3 is 2.42 bits per heavy atom. The zero-order valence-electron chi connectivity index (χ0n) is 23.1. The minimum Gasteiger partial charge on any atom is -0.396 e. The largest absolute Gasteiger partial charge is 0.396 e. The number of para-hydroxylation sites is 1. The second-order valence-electron chi connectivity index (χ2n) is 10.6. The van der Waals surface area contributed by atoms with Crippen molar-refractivity contribution in [3.05, 3.63) is 65.2 Å². The first-order valence-corrected chi connectivity index (χ1v) is 14.1. The fraction of sp³-hybridized carbons (Fsp3) is 0.484. The van der Waals surface area contributed by atoms with E-state index in [-0.39, 0.29) is 5.91 Å². The predicted molar refractivity (Wildman–Crippen MR) is 156 cm³/mol. The molecule has 38 heavy (non-hydrogen) atoms. The van der Waals surface area contributed by atoms with Crippen LogP contribution >= 0.6 is 0 Å². The first-order valence-electron chi connectivity index (χ1n) is 14.1. The normalized spacial score (nSPS) is 14.9. The minimum absolute atomic E-state index is 0.128. The first kappa shape index (κ1) is 29.2. The number of carbonyl (C=O) groups is 2. The monoisotopic (exact) mass is 519 g/mol. The van der Waals surface area contributed by atoms with Crippen LogP contribution < -0.4 is 21.8 Å². The quantitative estimate of drug-likeness (QED) is 0.126. The molecule has 7 heteroatoms. The number of hydrazine groups is 1. The van der Waals surface area contributed by atoms with Crippen LogP contribution in [-0.2, 0) is 16.1 Å². The van der Waals surface area contributed by atoms with E-state index in [9.17, 15) is 9.59 Å². The number of hydrogen-bond acceptors (Lipinski definition) is 5. The zero-order valence-corrected chi connectivity index (χ0v) is 23.1. The maximum absolute atomic E-state index is 12.2. The Labute approximate surface area is 228 Å². The number of fused-ring (bicyclic) bond motifs is 2. The molecule has 0 spiro atoms. The van der Waals surface area contributed by atoms with Crippen LogP contribution in [0, 0.1) is 5.92 Å². The van der Waals surface area contributed by atoms with Crippen LogP contribution in [0.1, 0.15) is 88.3 Å². The van der Waals surface area contributed by atoms with Gasteiger partial charge in [0.2, 0.25) is 12.3 Å². The molecule has 0 bridgehead atoms. The van der Waals surface area contributed by atoms with Crippen LogP contribution in [0.2, 0.25) is 0 Å². The number of benzene rings is 2. The topological polar surface area (TPSA) is 105 Å². The van der Waals surface area contributed by atoms with Crippen molar-refractivity contribution < 1.29 is 9.59 Å². The van der Waals surface area contributed by atoms with E-state index in [0.717, 1.165) is 66.9 Å². The van der Waals surface area contributed by atoms with Crippen LogP contribution in [-0.4, -0.2) is 30.4 Å². The molecule has 0 unspecified atom stereocenters. The number of rotatable bonds is 15. The molecule has 1 aliphatic heterocycles. The van der Waals surface area contributed by atoms with E-state index in [1.165, 1.54) is 25.7 Å². The Hall–Kier alpha value is -3.32. The lowest BCUT2D eigenvalue weighted by Crippen LogP contribution is -2.34. The lowest BCUT2D eigenvalue weighted by Gasteiger charge is -2.31. The first-order chi connectivity index (χ1) is 18.4. The number of carbonyl (C=O) groups excluding carboxylic acids is 2. The fourth-order valence-corrected chi connectivity index (χ4v) is 4.99. The molecule has 7 nitrogen and oxygen atoms in total. The van der Waals surface area contributed by atoms with Gasteiger partial charge in [0, 0.05) is 30.6 Å². The number of unbranched alkanes of at least 4 members (excludes halogenated alkanes) is 5. The predicted octanol–water partition coefficient (Wildman–Crippen LogP) is 5.41. The molecule has 5 N–H and O–H groups in total. The van der Waals surface area contributed by atoms with Gasteiger partial charge in [-0.3, -0.25) is 9.59 Å². The van der Waals surface area contributed by atoms with Crippen LogP contribution in [0.3, 0.4) is 0 Å². The highest BCUT2D eigenvalue weighted by Gasteiger charge is 2.24.